The van der Waals surface area contributed by atoms with Crippen molar-refractivity contribution in [2.24, 2.45) is 7.05 Å². The second-order valence-corrected chi connectivity index (χ2v) is 4.34. The maximum atomic E-state index is 4.58. The minimum Gasteiger partial charge on any atom is -0.314 e. The number of hydrogen-bond donors (Lipinski definition) is 1. The number of aryl methyl sites for hydroxylation is 2. The van der Waals surface area contributed by atoms with E-state index in [0.29, 0.717) is 0 Å². The van der Waals surface area contributed by atoms with Crippen molar-refractivity contribution in [3.05, 3.63) is 11.6 Å². The first-order chi connectivity index (χ1) is 7.79. The lowest BCUT2D eigenvalue weighted by Gasteiger charge is -2.26. The predicted molar refractivity (Wildman–Crippen MR) is 63.1 cm³/mol. The monoisotopic (exact) mass is 223 g/mol. The number of nitrogens with one attached hydrogen (secondary N) is 1. The molecule has 5 heteroatoms. The van der Waals surface area contributed by atoms with E-state index in [9.17, 15) is 0 Å². The van der Waals surface area contributed by atoms with Gasteiger partial charge in [-0.1, -0.05) is 6.92 Å². The van der Waals surface area contributed by atoms with Gasteiger partial charge in [0, 0.05) is 39.6 Å². The van der Waals surface area contributed by atoms with E-state index in [1.54, 1.807) is 0 Å². The molecule has 0 spiro atoms. The number of nitrogens with zero attached hydrogens (tertiary/aromatic N) is 4. The second-order valence-electron chi connectivity index (χ2n) is 4.34. The third kappa shape index (κ3) is 2.80. The van der Waals surface area contributed by atoms with Gasteiger partial charge in [-0.25, -0.2) is 4.98 Å². The zero-order chi connectivity index (χ0) is 11.4. The van der Waals surface area contributed by atoms with E-state index < -0.39 is 0 Å². The summed E-state index contributed by atoms with van der Waals surface area (Å²) in [4.78, 5) is 7.01. The zero-order valence-electron chi connectivity index (χ0n) is 10.2. The molecule has 0 aromatic carbocycles. The van der Waals surface area contributed by atoms with Crippen LogP contribution in [0.15, 0.2) is 0 Å². The molecular weight excluding hydrogens is 202 g/mol. The second kappa shape index (κ2) is 5.41. The average Bonchev–Trinajstić information content (AvgIpc) is 2.61. The summed E-state index contributed by atoms with van der Waals surface area (Å²) in [7, 11) is 1.99. The van der Waals surface area contributed by atoms with Crippen molar-refractivity contribution in [3.63, 3.8) is 0 Å². The molecule has 16 heavy (non-hydrogen) atoms. The highest BCUT2D eigenvalue weighted by molar-refractivity contribution is 4.93. The Morgan fingerprint density at radius 3 is 2.75 bits per heavy atom. The van der Waals surface area contributed by atoms with E-state index in [0.717, 1.165) is 57.2 Å². The molecule has 0 bridgehead atoms. The Kier molecular flexibility index (Phi) is 3.90. The molecule has 1 aliphatic heterocycles. The predicted octanol–water partition coefficient (Wildman–Crippen LogP) is 0.173. The molecule has 0 atom stereocenters. The summed E-state index contributed by atoms with van der Waals surface area (Å²) in [6.07, 6.45) is 2.09. The quantitative estimate of drug-likeness (QED) is 0.790. The molecule has 0 aliphatic carbocycles. The smallest absolute Gasteiger partial charge is 0.150 e. The third-order valence-corrected chi connectivity index (χ3v) is 2.95. The Morgan fingerprint density at radius 1 is 1.31 bits per heavy atom. The highest BCUT2D eigenvalue weighted by Gasteiger charge is 2.13. The SMILES string of the molecule is CCCc1nc(CN2CCNCC2)n(C)n1. The van der Waals surface area contributed by atoms with Gasteiger partial charge in [-0.05, 0) is 6.42 Å². The van der Waals surface area contributed by atoms with Crippen molar-refractivity contribution < 1.29 is 0 Å². The Hall–Kier alpha value is -0.940. The van der Waals surface area contributed by atoms with Crippen molar-refractivity contribution in [2.75, 3.05) is 26.2 Å². The molecule has 90 valence electrons. The van der Waals surface area contributed by atoms with Gasteiger partial charge in [0.15, 0.2) is 5.82 Å². The molecule has 0 amide bonds. The van der Waals surface area contributed by atoms with Gasteiger partial charge < -0.3 is 5.32 Å². The molecule has 0 radical (unpaired) electrons. The third-order valence-electron chi connectivity index (χ3n) is 2.95. The first-order valence-corrected chi connectivity index (χ1v) is 6.11. The van der Waals surface area contributed by atoms with E-state index in [2.05, 4.69) is 27.2 Å². The molecule has 1 N–H and O–H groups in total. The summed E-state index contributed by atoms with van der Waals surface area (Å²) in [6, 6.07) is 0. The fourth-order valence-corrected chi connectivity index (χ4v) is 2.01. The first kappa shape index (κ1) is 11.5. The van der Waals surface area contributed by atoms with Gasteiger partial charge in [0.25, 0.3) is 0 Å². The van der Waals surface area contributed by atoms with Gasteiger partial charge in [-0.3, -0.25) is 9.58 Å². The first-order valence-electron chi connectivity index (χ1n) is 6.11. The number of rotatable bonds is 4. The van der Waals surface area contributed by atoms with E-state index >= 15 is 0 Å². The molecule has 5 nitrogen and oxygen atoms in total. The molecule has 1 aromatic rings. The largest absolute Gasteiger partial charge is 0.314 e. The molecule has 2 heterocycles. The highest BCUT2D eigenvalue weighted by Crippen LogP contribution is 2.04. The Balaban J connectivity index is 1.96. The Bertz CT molecular complexity index is 327. The maximum absolute atomic E-state index is 4.58. The van der Waals surface area contributed by atoms with Crippen LogP contribution in [0.1, 0.15) is 25.0 Å². The average molecular weight is 223 g/mol. The van der Waals surface area contributed by atoms with Crippen LogP contribution in [0.3, 0.4) is 0 Å². The lowest BCUT2D eigenvalue weighted by molar-refractivity contribution is 0.225. The van der Waals surface area contributed by atoms with E-state index in [1.165, 1.54) is 0 Å². The van der Waals surface area contributed by atoms with Gasteiger partial charge in [0.1, 0.15) is 5.82 Å². The van der Waals surface area contributed by atoms with Crippen molar-refractivity contribution in [1.29, 1.82) is 0 Å². The highest BCUT2D eigenvalue weighted by atomic mass is 15.4. The number of aromatic nitrogens is 3. The summed E-state index contributed by atoms with van der Waals surface area (Å²) in [5.41, 5.74) is 0. The molecule has 0 saturated carbocycles. The lowest BCUT2D eigenvalue weighted by Crippen LogP contribution is -2.43. The summed E-state index contributed by atoms with van der Waals surface area (Å²) >= 11 is 0. The van der Waals surface area contributed by atoms with E-state index in [1.807, 2.05) is 11.7 Å². The number of hydrogen-bond acceptors (Lipinski definition) is 4. The Labute approximate surface area is 96.8 Å². The van der Waals surface area contributed by atoms with Crippen molar-refractivity contribution in [2.45, 2.75) is 26.3 Å². The van der Waals surface area contributed by atoms with Gasteiger partial charge in [-0.15, -0.1) is 0 Å². The topological polar surface area (TPSA) is 46.0 Å². The summed E-state index contributed by atoms with van der Waals surface area (Å²) in [5.74, 6) is 2.07. The van der Waals surface area contributed by atoms with Crippen LogP contribution in [-0.4, -0.2) is 45.8 Å². The van der Waals surface area contributed by atoms with Crippen LogP contribution in [-0.2, 0) is 20.0 Å². The van der Waals surface area contributed by atoms with Gasteiger partial charge in [0.05, 0.1) is 6.54 Å². The van der Waals surface area contributed by atoms with Crippen LogP contribution in [0, 0.1) is 0 Å². The van der Waals surface area contributed by atoms with Gasteiger partial charge in [0.2, 0.25) is 0 Å². The number of piperazine rings is 1. The van der Waals surface area contributed by atoms with Crippen LogP contribution in [0.25, 0.3) is 0 Å². The van der Waals surface area contributed by atoms with Crippen molar-refractivity contribution >= 4 is 0 Å². The van der Waals surface area contributed by atoms with Crippen LogP contribution < -0.4 is 5.32 Å². The van der Waals surface area contributed by atoms with Crippen LogP contribution >= 0.6 is 0 Å². The van der Waals surface area contributed by atoms with Gasteiger partial charge >= 0.3 is 0 Å². The normalized spacial score (nSPS) is 17.9. The molecule has 1 aliphatic rings. The minimum absolute atomic E-state index is 0.925. The maximum Gasteiger partial charge on any atom is 0.150 e. The van der Waals surface area contributed by atoms with Crippen molar-refractivity contribution in [3.8, 4) is 0 Å². The Morgan fingerprint density at radius 2 is 2.06 bits per heavy atom. The van der Waals surface area contributed by atoms with E-state index in [-0.39, 0.29) is 0 Å². The lowest BCUT2D eigenvalue weighted by atomic mass is 10.3. The van der Waals surface area contributed by atoms with Crippen LogP contribution in [0.5, 0.6) is 0 Å². The van der Waals surface area contributed by atoms with Crippen molar-refractivity contribution in [1.82, 2.24) is 25.0 Å². The minimum atomic E-state index is 0.925. The molecule has 2 rings (SSSR count). The standard InChI is InChI=1S/C11H21N5/c1-3-4-10-13-11(15(2)14-10)9-16-7-5-12-6-8-16/h12H,3-9H2,1-2H3. The zero-order valence-corrected chi connectivity index (χ0v) is 10.2. The molecule has 1 aromatic heterocycles. The molecule has 0 unspecified atom stereocenters. The summed E-state index contributed by atoms with van der Waals surface area (Å²) < 4.78 is 1.92. The molecule has 1 saturated heterocycles. The molecule has 1 fully saturated rings. The fraction of sp³-hybridized carbons (Fsp3) is 0.818. The molecular formula is C11H21N5. The fourth-order valence-electron chi connectivity index (χ4n) is 2.01. The van der Waals surface area contributed by atoms with Gasteiger partial charge in [-0.2, -0.15) is 5.10 Å². The summed E-state index contributed by atoms with van der Waals surface area (Å²) in [6.45, 7) is 7.46. The van der Waals surface area contributed by atoms with Crippen LogP contribution in [0.4, 0.5) is 0 Å². The summed E-state index contributed by atoms with van der Waals surface area (Å²) in [5, 5.41) is 7.79. The van der Waals surface area contributed by atoms with Crippen LogP contribution in [0.2, 0.25) is 0 Å². The van der Waals surface area contributed by atoms with E-state index in [4.69, 9.17) is 0 Å².